The number of hydrogen-bond donors (Lipinski definition) is 2. The van der Waals surface area contributed by atoms with E-state index in [0.29, 0.717) is 18.0 Å². The second-order valence-corrected chi connectivity index (χ2v) is 8.18. The van der Waals surface area contributed by atoms with Gasteiger partial charge in [0, 0.05) is 11.6 Å². The SMILES string of the molecule is N#Cc1ccc(C(NC(=O)CN2CCCCC2)C2CCNCC2)c2cccnc12. The van der Waals surface area contributed by atoms with Gasteiger partial charge in [0.15, 0.2) is 0 Å². The minimum absolute atomic E-state index is 0.0613. The van der Waals surface area contributed by atoms with Crippen molar-refractivity contribution in [2.45, 2.75) is 38.1 Å². The van der Waals surface area contributed by atoms with E-state index in [2.05, 4.69) is 26.6 Å². The number of hydrogen-bond acceptors (Lipinski definition) is 5. The first-order valence-corrected chi connectivity index (χ1v) is 10.8. The van der Waals surface area contributed by atoms with E-state index in [9.17, 15) is 10.1 Å². The van der Waals surface area contributed by atoms with Crippen LogP contribution in [0.3, 0.4) is 0 Å². The van der Waals surface area contributed by atoms with Gasteiger partial charge in [-0.2, -0.15) is 5.26 Å². The lowest BCUT2D eigenvalue weighted by Gasteiger charge is -2.33. The Balaban J connectivity index is 1.63. The molecule has 2 saturated heterocycles. The van der Waals surface area contributed by atoms with Crippen LogP contribution in [0.2, 0.25) is 0 Å². The predicted molar refractivity (Wildman–Crippen MR) is 113 cm³/mol. The Morgan fingerprint density at radius 1 is 1.24 bits per heavy atom. The van der Waals surface area contributed by atoms with Gasteiger partial charge in [0.1, 0.15) is 6.07 Å². The third kappa shape index (κ3) is 4.58. The summed E-state index contributed by atoms with van der Waals surface area (Å²) >= 11 is 0. The summed E-state index contributed by atoms with van der Waals surface area (Å²) in [6, 6.07) is 9.96. The maximum atomic E-state index is 13.0. The average molecular weight is 392 g/mol. The maximum Gasteiger partial charge on any atom is 0.234 e. The summed E-state index contributed by atoms with van der Waals surface area (Å²) < 4.78 is 0. The molecule has 2 N–H and O–H groups in total. The summed E-state index contributed by atoms with van der Waals surface area (Å²) in [5, 5.41) is 17.2. The first-order chi connectivity index (χ1) is 14.3. The molecule has 152 valence electrons. The van der Waals surface area contributed by atoms with Crippen molar-refractivity contribution in [1.29, 1.82) is 5.26 Å². The first kappa shape index (κ1) is 19.8. The molecule has 1 atom stereocenters. The van der Waals surface area contributed by atoms with Crippen LogP contribution in [0.4, 0.5) is 0 Å². The van der Waals surface area contributed by atoms with Gasteiger partial charge >= 0.3 is 0 Å². The molecular weight excluding hydrogens is 362 g/mol. The van der Waals surface area contributed by atoms with Gasteiger partial charge in [0.2, 0.25) is 5.91 Å². The standard InChI is InChI=1S/C23H29N5O/c24-15-18-6-7-20(19-5-4-10-26-22(18)19)23(17-8-11-25-12-9-17)27-21(29)16-28-13-2-1-3-14-28/h4-7,10,17,23,25H,1-3,8-9,11-14,16H2,(H,27,29). The Morgan fingerprint density at radius 2 is 2.03 bits per heavy atom. The van der Waals surface area contributed by atoms with Gasteiger partial charge in [-0.3, -0.25) is 14.7 Å². The molecule has 0 saturated carbocycles. The van der Waals surface area contributed by atoms with E-state index in [1.807, 2.05) is 24.3 Å². The van der Waals surface area contributed by atoms with Gasteiger partial charge in [0.25, 0.3) is 0 Å². The zero-order chi connectivity index (χ0) is 20.1. The zero-order valence-corrected chi connectivity index (χ0v) is 16.9. The second kappa shape index (κ2) is 9.34. The van der Waals surface area contributed by atoms with E-state index in [1.165, 1.54) is 19.3 Å². The Hall–Kier alpha value is -2.49. The van der Waals surface area contributed by atoms with Crippen molar-refractivity contribution in [1.82, 2.24) is 20.5 Å². The van der Waals surface area contributed by atoms with Crippen LogP contribution < -0.4 is 10.6 Å². The minimum Gasteiger partial charge on any atom is -0.348 e. The Morgan fingerprint density at radius 3 is 2.79 bits per heavy atom. The number of nitrogens with one attached hydrogen (secondary N) is 2. The summed E-state index contributed by atoms with van der Waals surface area (Å²) in [5.74, 6) is 0.467. The summed E-state index contributed by atoms with van der Waals surface area (Å²) in [4.78, 5) is 19.7. The number of carbonyl (C=O) groups is 1. The van der Waals surface area contributed by atoms with Crippen molar-refractivity contribution in [3.05, 3.63) is 41.6 Å². The molecule has 0 bridgehead atoms. The fourth-order valence-electron chi connectivity index (χ4n) is 4.72. The molecule has 3 heterocycles. The monoisotopic (exact) mass is 391 g/mol. The molecule has 2 aromatic rings. The van der Waals surface area contributed by atoms with Gasteiger partial charge in [-0.15, -0.1) is 0 Å². The number of benzene rings is 1. The molecule has 0 radical (unpaired) electrons. The van der Waals surface area contributed by atoms with Crippen LogP contribution in [0.15, 0.2) is 30.5 Å². The number of nitriles is 1. The lowest BCUT2D eigenvalue weighted by molar-refractivity contribution is -0.123. The molecule has 6 heteroatoms. The molecule has 2 fully saturated rings. The van der Waals surface area contributed by atoms with E-state index in [4.69, 9.17) is 0 Å². The molecule has 4 rings (SSSR count). The molecule has 0 spiro atoms. The van der Waals surface area contributed by atoms with Gasteiger partial charge in [0.05, 0.1) is 23.7 Å². The topological polar surface area (TPSA) is 81.0 Å². The van der Waals surface area contributed by atoms with Crippen molar-refractivity contribution in [2.75, 3.05) is 32.7 Å². The highest BCUT2D eigenvalue weighted by Crippen LogP contribution is 2.34. The van der Waals surface area contributed by atoms with Crippen molar-refractivity contribution in [3.63, 3.8) is 0 Å². The largest absolute Gasteiger partial charge is 0.348 e. The van der Waals surface area contributed by atoms with Crippen molar-refractivity contribution < 1.29 is 4.79 Å². The molecule has 1 unspecified atom stereocenters. The molecule has 2 aliphatic rings. The quantitative estimate of drug-likeness (QED) is 0.819. The number of carbonyl (C=O) groups excluding carboxylic acids is 1. The Bertz CT molecular complexity index is 894. The number of rotatable bonds is 5. The number of fused-ring (bicyclic) bond motifs is 1. The van der Waals surface area contributed by atoms with Crippen LogP contribution in [0.1, 0.15) is 49.3 Å². The normalized spacial score (nSPS) is 19.6. The molecule has 1 aromatic carbocycles. The maximum absolute atomic E-state index is 13.0. The van der Waals surface area contributed by atoms with Crippen LogP contribution in [-0.2, 0) is 4.79 Å². The molecule has 2 aliphatic heterocycles. The minimum atomic E-state index is -0.0613. The smallest absolute Gasteiger partial charge is 0.234 e. The molecular formula is C23H29N5O. The summed E-state index contributed by atoms with van der Waals surface area (Å²) in [6.07, 6.45) is 7.39. The summed E-state index contributed by atoms with van der Waals surface area (Å²) in [6.45, 7) is 4.42. The first-order valence-electron chi connectivity index (χ1n) is 10.8. The number of likely N-dealkylation sites (tertiary alicyclic amines) is 1. The summed E-state index contributed by atoms with van der Waals surface area (Å²) in [5.41, 5.74) is 2.37. The fourth-order valence-corrected chi connectivity index (χ4v) is 4.72. The molecule has 1 amide bonds. The van der Waals surface area contributed by atoms with Crippen LogP contribution >= 0.6 is 0 Å². The van der Waals surface area contributed by atoms with Crippen molar-refractivity contribution >= 4 is 16.8 Å². The van der Waals surface area contributed by atoms with Crippen LogP contribution in [0, 0.1) is 17.2 Å². The number of aromatic nitrogens is 1. The predicted octanol–water partition coefficient (Wildman–Crippen LogP) is 2.75. The summed E-state index contributed by atoms with van der Waals surface area (Å²) in [7, 11) is 0. The van der Waals surface area contributed by atoms with Gasteiger partial charge < -0.3 is 10.6 Å². The number of amides is 1. The van der Waals surface area contributed by atoms with Crippen molar-refractivity contribution in [2.24, 2.45) is 5.92 Å². The van der Waals surface area contributed by atoms with E-state index in [0.717, 1.165) is 55.5 Å². The number of pyridine rings is 1. The third-order valence-corrected chi connectivity index (χ3v) is 6.25. The van der Waals surface area contributed by atoms with Crippen LogP contribution in [0.25, 0.3) is 10.9 Å². The Kier molecular flexibility index (Phi) is 6.38. The van der Waals surface area contributed by atoms with E-state index in [1.54, 1.807) is 6.20 Å². The lowest BCUT2D eigenvalue weighted by atomic mass is 9.84. The number of nitrogens with zero attached hydrogens (tertiary/aromatic N) is 3. The molecule has 29 heavy (non-hydrogen) atoms. The van der Waals surface area contributed by atoms with Gasteiger partial charge in [-0.05, 0) is 75.5 Å². The van der Waals surface area contributed by atoms with Crippen LogP contribution in [0.5, 0.6) is 0 Å². The molecule has 1 aromatic heterocycles. The zero-order valence-electron chi connectivity index (χ0n) is 16.9. The third-order valence-electron chi connectivity index (χ3n) is 6.25. The Labute approximate surface area is 172 Å². The van der Waals surface area contributed by atoms with E-state index >= 15 is 0 Å². The highest BCUT2D eigenvalue weighted by molar-refractivity contribution is 5.88. The van der Waals surface area contributed by atoms with E-state index < -0.39 is 0 Å². The molecule has 6 nitrogen and oxygen atoms in total. The van der Waals surface area contributed by atoms with Gasteiger partial charge in [-0.25, -0.2) is 0 Å². The van der Waals surface area contributed by atoms with Gasteiger partial charge in [-0.1, -0.05) is 18.6 Å². The lowest BCUT2D eigenvalue weighted by Crippen LogP contribution is -2.44. The van der Waals surface area contributed by atoms with Crippen LogP contribution in [-0.4, -0.2) is 48.5 Å². The second-order valence-electron chi connectivity index (χ2n) is 8.18. The highest BCUT2D eigenvalue weighted by Gasteiger charge is 2.29. The number of piperidine rings is 2. The van der Waals surface area contributed by atoms with E-state index in [-0.39, 0.29) is 11.9 Å². The molecule has 0 aliphatic carbocycles. The van der Waals surface area contributed by atoms with Crippen molar-refractivity contribution in [3.8, 4) is 6.07 Å². The highest BCUT2D eigenvalue weighted by atomic mass is 16.2. The average Bonchev–Trinajstić information content (AvgIpc) is 2.78. The fraction of sp³-hybridized carbons (Fsp3) is 0.522.